The van der Waals surface area contributed by atoms with Crippen LogP contribution in [0.5, 0.6) is 0 Å². The molecule has 2 rings (SSSR count). The molecule has 0 spiro atoms. The highest BCUT2D eigenvalue weighted by molar-refractivity contribution is 5.86. The fourth-order valence-electron chi connectivity index (χ4n) is 1.87. The third-order valence-corrected chi connectivity index (χ3v) is 3.01. The number of aromatic nitrogens is 1. The predicted molar refractivity (Wildman–Crippen MR) is 74.5 cm³/mol. The van der Waals surface area contributed by atoms with Crippen molar-refractivity contribution < 1.29 is 14.8 Å². The van der Waals surface area contributed by atoms with Gasteiger partial charge in [-0.3, -0.25) is 14.9 Å². The van der Waals surface area contributed by atoms with Gasteiger partial charge in [0.15, 0.2) is 5.43 Å². The number of non-ortho nitro benzene ring substituents is 1. The van der Waals surface area contributed by atoms with E-state index in [1.165, 1.54) is 30.6 Å². The van der Waals surface area contributed by atoms with Crippen LogP contribution in [-0.2, 0) is 13.0 Å². The average molecular weight is 288 g/mol. The summed E-state index contributed by atoms with van der Waals surface area (Å²) in [5.41, 5.74) is 0.0988. The molecule has 1 aromatic carbocycles. The van der Waals surface area contributed by atoms with Gasteiger partial charge in [-0.1, -0.05) is 12.1 Å². The number of nitro groups is 1. The molecule has 21 heavy (non-hydrogen) atoms. The number of benzene rings is 1. The molecule has 0 radical (unpaired) electrons. The lowest BCUT2D eigenvalue weighted by Crippen LogP contribution is -2.17. The van der Waals surface area contributed by atoms with E-state index in [2.05, 4.69) is 0 Å². The summed E-state index contributed by atoms with van der Waals surface area (Å²) in [5.74, 6) is -1.26. The minimum Gasteiger partial charge on any atom is -0.477 e. The van der Waals surface area contributed by atoms with Gasteiger partial charge in [0.05, 0.1) is 4.92 Å². The Kier molecular flexibility index (Phi) is 4.13. The van der Waals surface area contributed by atoms with E-state index < -0.39 is 16.3 Å². The number of carbonyl (C=O) groups is 1. The van der Waals surface area contributed by atoms with Gasteiger partial charge in [-0.2, -0.15) is 0 Å². The number of nitro benzene ring substituents is 1. The van der Waals surface area contributed by atoms with Crippen LogP contribution in [-0.4, -0.2) is 20.6 Å². The molecule has 0 amide bonds. The van der Waals surface area contributed by atoms with Crippen molar-refractivity contribution in [3.05, 3.63) is 74.2 Å². The van der Waals surface area contributed by atoms with Gasteiger partial charge in [0.25, 0.3) is 5.69 Å². The maximum absolute atomic E-state index is 11.3. The lowest BCUT2D eigenvalue weighted by Gasteiger charge is -2.07. The highest BCUT2D eigenvalue weighted by Crippen LogP contribution is 2.12. The van der Waals surface area contributed by atoms with E-state index in [-0.39, 0.29) is 11.3 Å². The van der Waals surface area contributed by atoms with Gasteiger partial charge < -0.3 is 9.67 Å². The topological polar surface area (TPSA) is 102 Å². The molecule has 0 saturated heterocycles. The summed E-state index contributed by atoms with van der Waals surface area (Å²) in [6, 6.07) is 7.35. The zero-order chi connectivity index (χ0) is 15.4. The van der Waals surface area contributed by atoms with Crippen LogP contribution in [0.15, 0.2) is 47.5 Å². The van der Waals surface area contributed by atoms with Gasteiger partial charge in [0.1, 0.15) is 5.56 Å². The maximum Gasteiger partial charge on any atom is 0.341 e. The summed E-state index contributed by atoms with van der Waals surface area (Å²) in [6.07, 6.45) is 3.37. The van der Waals surface area contributed by atoms with Crippen LogP contribution >= 0.6 is 0 Å². The third kappa shape index (κ3) is 3.53. The molecule has 7 nitrogen and oxygen atoms in total. The Balaban J connectivity index is 2.09. The number of aryl methyl sites for hydroxylation is 2. The molecule has 0 fully saturated rings. The first-order chi connectivity index (χ1) is 9.97. The van der Waals surface area contributed by atoms with Crippen LogP contribution in [0.3, 0.4) is 0 Å². The molecule has 0 aliphatic heterocycles. The fraction of sp³-hybridized carbons (Fsp3) is 0.143. The van der Waals surface area contributed by atoms with E-state index in [0.717, 1.165) is 5.56 Å². The third-order valence-electron chi connectivity index (χ3n) is 3.01. The number of hydrogen-bond donors (Lipinski definition) is 1. The van der Waals surface area contributed by atoms with Crippen LogP contribution in [0.2, 0.25) is 0 Å². The zero-order valence-corrected chi connectivity index (χ0v) is 10.9. The van der Waals surface area contributed by atoms with Crippen molar-refractivity contribution in [2.45, 2.75) is 13.0 Å². The van der Waals surface area contributed by atoms with Crippen LogP contribution in [0.25, 0.3) is 0 Å². The number of carboxylic acid groups (broad SMARTS) is 1. The Labute approximate surface area is 119 Å². The quantitative estimate of drug-likeness (QED) is 0.666. The molecular weight excluding hydrogens is 276 g/mol. The van der Waals surface area contributed by atoms with Gasteiger partial charge in [-0.05, 0) is 12.0 Å². The van der Waals surface area contributed by atoms with Crippen molar-refractivity contribution in [3.8, 4) is 0 Å². The van der Waals surface area contributed by atoms with Crippen molar-refractivity contribution in [2.75, 3.05) is 0 Å². The van der Waals surface area contributed by atoms with Crippen LogP contribution in [0, 0.1) is 10.1 Å². The van der Waals surface area contributed by atoms with E-state index in [1.54, 1.807) is 16.7 Å². The van der Waals surface area contributed by atoms with Gasteiger partial charge in [-0.15, -0.1) is 0 Å². The first-order valence-corrected chi connectivity index (χ1v) is 6.14. The van der Waals surface area contributed by atoms with E-state index in [1.807, 2.05) is 0 Å². The minimum absolute atomic E-state index is 0.0234. The molecule has 0 bridgehead atoms. The SMILES string of the molecule is O=C(O)c1cn(CCc2ccc([N+](=O)[O-])cc2)ccc1=O. The lowest BCUT2D eigenvalue weighted by atomic mass is 10.1. The van der Waals surface area contributed by atoms with Gasteiger partial charge in [0.2, 0.25) is 0 Å². The largest absolute Gasteiger partial charge is 0.477 e. The summed E-state index contributed by atoms with van der Waals surface area (Å²) in [5, 5.41) is 19.4. The summed E-state index contributed by atoms with van der Waals surface area (Å²) in [4.78, 5) is 32.3. The Morgan fingerprint density at radius 1 is 1.24 bits per heavy atom. The average Bonchev–Trinajstić information content (AvgIpc) is 2.46. The second kappa shape index (κ2) is 6.00. The van der Waals surface area contributed by atoms with Crippen molar-refractivity contribution in [2.24, 2.45) is 0 Å². The molecule has 108 valence electrons. The molecule has 0 saturated carbocycles. The molecule has 2 aromatic rings. The Bertz CT molecular complexity index is 734. The normalized spacial score (nSPS) is 10.3. The monoisotopic (exact) mass is 288 g/mol. The van der Waals surface area contributed by atoms with Crippen molar-refractivity contribution in [1.29, 1.82) is 0 Å². The van der Waals surface area contributed by atoms with Gasteiger partial charge in [0, 0.05) is 37.1 Å². The van der Waals surface area contributed by atoms with Gasteiger partial charge in [-0.25, -0.2) is 4.79 Å². The second-order valence-corrected chi connectivity index (χ2v) is 4.44. The van der Waals surface area contributed by atoms with Crippen LogP contribution < -0.4 is 5.43 Å². The molecule has 1 aromatic heterocycles. The molecule has 7 heteroatoms. The molecule has 0 aliphatic carbocycles. The number of nitrogens with zero attached hydrogens (tertiary/aromatic N) is 2. The molecule has 0 unspecified atom stereocenters. The minimum atomic E-state index is -1.26. The number of aromatic carboxylic acids is 1. The molecule has 0 atom stereocenters. The lowest BCUT2D eigenvalue weighted by molar-refractivity contribution is -0.384. The zero-order valence-electron chi connectivity index (χ0n) is 10.9. The van der Waals surface area contributed by atoms with Crippen molar-refractivity contribution in [1.82, 2.24) is 4.57 Å². The summed E-state index contributed by atoms with van der Waals surface area (Å²) in [7, 11) is 0. The number of rotatable bonds is 5. The molecule has 0 aliphatic rings. The maximum atomic E-state index is 11.3. The van der Waals surface area contributed by atoms with E-state index in [0.29, 0.717) is 13.0 Å². The molecule has 1 N–H and O–H groups in total. The number of hydrogen-bond acceptors (Lipinski definition) is 4. The predicted octanol–water partition coefficient (Wildman–Crippen LogP) is 1.70. The molecular formula is C14H12N2O5. The Hall–Kier alpha value is -2.96. The smallest absolute Gasteiger partial charge is 0.341 e. The first kappa shape index (κ1) is 14.4. The Morgan fingerprint density at radius 2 is 1.90 bits per heavy atom. The molecule has 1 heterocycles. The van der Waals surface area contributed by atoms with Crippen molar-refractivity contribution in [3.63, 3.8) is 0 Å². The van der Waals surface area contributed by atoms with Crippen LogP contribution in [0.4, 0.5) is 5.69 Å². The summed E-state index contributed by atoms with van der Waals surface area (Å²) >= 11 is 0. The van der Waals surface area contributed by atoms with Crippen molar-refractivity contribution >= 4 is 11.7 Å². The number of carboxylic acids is 1. The summed E-state index contributed by atoms with van der Waals surface area (Å²) in [6.45, 7) is 0.471. The van der Waals surface area contributed by atoms with Crippen LogP contribution in [0.1, 0.15) is 15.9 Å². The first-order valence-electron chi connectivity index (χ1n) is 6.14. The van der Waals surface area contributed by atoms with E-state index in [4.69, 9.17) is 5.11 Å². The highest BCUT2D eigenvalue weighted by atomic mass is 16.6. The van der Waals surface area contributed by atoms with Gasteiger partial charge >= 0.3 is 5.97 Å². The van der Waals surface area contributed by atoms with E-state index in [9.17, 15) is 19.7 Å². The van der Waals surface area contributed by atoms with E-state index >= 15 is 0 Å². The fourth-order valence-corrected chi connectivity index (χ4v) is 1.87. The summed E-state index contributed by atoms with van der Waals surface area (Å²) < 4.78 is 1.60. The standard InChI is InChI=1S/C14H12N2O5/c17-13-6-8-15(9-12(13)14(18)19)7-5-10-1-3-11(4-2-10)16(20)21/h1-4,6,8-9H,5,7H2,(H,18,19). The Morgan fingerprint density at radius 3 is 2.48 bits per heavy atom. The highest BCUT2D eigenvalue weighted by Gasteiger charge is 2.08. The second-order valence-electron chi connectivity index (χ2n) is 4.44. The number of pyridine rings is 1.